The molecule has 1 aliphatic carbocycles. The van der Waals surface area contributed by atoms with Gasteiger partial charge in [-0.1, -0.05) is 0 Å². The number of hydrogen-bond donors (Lipinski definition) is 1. The molecule has 0 spiro atoms. The Morgan fingerprint density at radius 3 is 2.61 bits per heavy atom. The SMILES string of the molecule is O=C1C(=O)c2nc[nH]c(=O)c2-c2cc(F)ccc21. The molecule has 0 bridgehead atoms. The molecule has 1 aliphatic rings. The van der Waals surface area contributed by atoms with E-state index in [4.69, 9.17) is 0 Å². The number of benzene rings is 1. The lowest BCUT2D eigenvalue weighted by molar-refractivity contribution is 0.0812. The minimum absolute atomic E-state index is 0.0207. The molecule has 0 saturated heterocycles. The molecule has 3 rings (SSSR count). The van der Waals surface area contributed by atoms with Crippen molar-refractivity contribution in [3.63, 3.8) is 0 Å². The summed E-state index contributed by atoms with van der Waals surface area (Å²) in [5.74, 6) is -2.23. The number of rotatable bonds is 0. The molecular weight excluding hydrogens is 239 g/mol. The predicted octanol–water partition coefficient (Wildman–Crippen LogP) is 0.955. The molecule has 0 radical (unpaired) electrons. The van der Waals surface area contributed by atoms with Gasteiger partial charge in [-0.2, -0.15) is 0 Å². The van der Waals surface area contributed by atoms with Gasteiger partial charge in [0.25, 0.3) is 11.3 Å². The first-order valence-corrected chi connectivity index (χ1v) is 5.06. The number of carbonyl (C=O) groups is 2. The van der Waals surface area contributed by atoms with E-state index < -0.39 is 22.9 Å². The Morgan fingerprint density at radius 1 is 1.06 bits per heavy atom. The van der Waals surface area contributed by atoms with Gasteiger partial charge in [-0.3, -0.25) is 14.4 Å². The monoisotopic (exact) mass is 244 g/mol. The van der Waals surface area contributed by atoms with Gasteiger partial charge in [-0.25, -0.2) is 9.37 Å². The van der Waals surface area contributed by atoms with Crippen LogP contribution in [0.5, 0.6) is 0 Å². The summed E-state index contributed by atoms with van der Waals surface area (Å²) in [4.78, 5) is 41.2. The number of H-pyrrole nitrogens is 1. The number of carbonyl (C=O) groups excluding carboxylic acids is 2. The van der Waals surface area contributed by atoms with E-state index in [1.165, 1.54) is 6.07 Å². The molecule has 1 aromatic heterocycles. The van der Waals surface area contributed by atoms with Crippen molar-refractivity contribution in [2.45, 2.75) is 0 Å². The highest BCUT2D eigenvalue weighted by Crippen LogP contribution is 2.29. The molecule has 2 aromatic rings. The number of nitrogens with zero attached hydrogens (tertiary/aromatic N) is 1. The first kappa shape index (κ1) is 10.5. The summed E-state index contributed by atoms with van der Waals surface area (Å²) in [5.41, 5.74) is -0.748. The standard InChI is InChI=1S/C12H5FN2O3/c13-5-1-2-6-7(3-5)8-9(11(17)10(6)16)14-4-15-12(8)18/h1-4H,(H,14,15,18). The van der Waals surface area contributed by atoms with Gasteiger partial charge in [0, 0.05) is 11.1 Å². The van der Waals surface area contributed by atoms with Crippen LogP contribution in [0.3, 0.4) is 0 Å². The summed E-state index contributed by atoms with van der Waals surface area (Å²) >= 11 is 0. The second kappa shape index (κ2) is 3.43. The highest BCUT2D eigenvalue weighted by Gasteiger charge is 2.33. The number of aromatic amines is 1. The van der Waals surface area contributed by atoms with Crippen molar-refractivity contribution in [3.05, 3.63) is 52.0 Å². The van der Waals surface area contributed by atoms with Crippen molar-refractivity contribution >= 4 is 11.6 Å². The van der Waals surface area contributed by atoms with Gasteiger partial charge in [0.05, 0.1) is 11.9 Å². The minimum atomic E-state index is -0.852. The Morgan fingerprint density at radius 2 is 1.83 bits per heavy atom. The Hall–Kier alpha value is -2.63. The summed E-state index contributed by atoms with van der Waals surface area (Å²) in [5, 5.41) is 0. The van der Waals surface area contributed by atoms with Crippen molar-refractivity contribution in [1.82, 2.24) is 9.97 Å². The second-order valence-corrected chi connectivity index (χ2v) is 3.80. The van der Waals surface area contributed by atoms with Crippen LogP contribution in [0.2, 0.25) is 0 Å². The average molecular weight is 244 g/mol. The molecule has 1 heterocycles. The summed E-state index contributed by atoms with van der Waals surface area (Å²) in [6.07, 6.45) is 1.04. The molecule has 0 unspecified atom stereocenters. The normalized spacial score (nSPS) is 13.2. The Balaban J connectivity index is 2.49. The number of Topliss-reactive ketones (excluding diaryl/α,β-unsaturated/α-hetero) is 2. The van der Waals surface area contributed by atoms with Crippen LogP contribution in [0.15, 0.2) is 29.3 Å². The molecule has 1 aromatic carbocycles. The van der Waals surface area contributed by atoms with Crippen molar-refractivity contribution in [2.24, 2.45) is 0 Å². The maximum Gasteiger partial charge on any atom is 0.259 e. The van der Waals surface area contributed by atoms with Gasteiger partial charge < -0.3 is 4.98 Å². The molecule has 88 valence electrons. The van der Waals surface area contributed by atoms with E-state index in [-0.39, 0.29) is 22.4 Å². The molecule has 1 N–H and O–H groups in total. The van der Waals surface area contributed by atoms with Gasteiger partial charge in [0.15, 0.2) is 0 Å². The lowest BCUT2D eigenvalue weighted by atomic mass is 9.87. The van der Waals surface area contributed by atoms with Crippen LogP contribution in [-0.2, 0) is 0 Å². The van der Waals surface area contributed by atoms with Gasteiger partial charge in [-0.15, -0.1) is 0 Å². The van der Waals surface area contributed by atoms with Crippen molar-refractivity contribution in [2.75, 3.05) is 0 Å². The van der Waals surface area contributed by atoms with E-state index in [0.29, 0.717) is 0 Å². The number of ketones is 2. The summed E-state index contributed by atoms with van der Waals surface area (Å²) in [6.45, 7) is 0. The smallest absolute Gasteiger partial charge is 0.259 e. The number of halogens is 1. The van der Waals surface area contributed by atoms with Crippen molar-refractivity contribution in [1.29, 1.82) is 0 Å². The first-order valence-electron chi connectivity index (χ1n) is 5.06. The molecular formula is C12H5FN2O3. The third kappa shape index (κ3) is 1.26. The largest absolute Gasteiger partial charge is 0.313 e. The van der Waals surface area contributed by atoms with Crippen LogP contribution in [0.1, 0.15) is 20.8 Å². The van der Waals surface area contributed by atoms with Crippen LogP contribution in [0.4, 0.5) is 4.39 Å². The fourth-order valence-corrected chi connectivity index (χ4v) is 1.97. The van der Waals surface area contributed by atoms with Crippen LogP contribution >= 0.6 is 0 Å². The van der Waals surface area contributed by atoms with Gasteiger partial charge in [0.1, 0.15) is 11.5 Å². The molecule has 6 heteroatoms. The number of aromatic nitrogens is 2. The van der Waals surface area contributed by atoms with E-state index in [1.54, 1.807) is 0 Å². The lowest BCUT2D eigenvalue weighted by Crippen LogP contribution is -2.27. The van der Waals surface area contributed by atoms with Gasteiger partial charge in [-0.05, 0) is 18.2 Å². The maximum absolute atomic E-state index is 13.2. The van der Waals surface area contributed by atoms with Gasteiger partial charge in [0.2, 0.25) is 5.78 Å². The summed E-state index contributed by atoms with van der Waals surface area (Å²) in [6, 6.07) is 3.31. The maximum atomic E-state index is 13.2. The Bertz CT molecular complexity index is 764. The first-order chi connectivity index (χ1) is 8.59. The molecule has 0 amide bonds. The number of nitrogens with one attached hydrogen (secondary N) is 1. The topological polar surface area (TPSA) is 79.9 Å². The van der Waals surface area contributed by atoms with E-state index in [9.17, 15) is 18.8 Å². The lowest BCUT2D eigenvalue weighted by Gasteiger charge is -2.15. The molecule has 0 atom stereocenters. The van der Waals surface area contributed by atoms with E-state index in [1.807, 2.05) is 0 Å². The third-order valence-corrected chi connectivity index (χ3v) is 2.77. The average Bonchev–Trinajstić information content (AvgIpc) is 2.35. The highest BCUT2D eigenvalue weighted by molar-refractivity contribution is 6.52. The van der Waals surface area contributed by atoms with Gasteiger partial charge >= 0.3 is 0 Å². The van der Waals surface area contributed by atoms with Crippen LogP contribution in [0, 0.1) is 5.82 Å². The van der Waals surface area contributed by atoms with E-state index >= 15 is 0 Å². The van der Waals surface area contributed by atoms with E-state index in [0.717, 1.165) is 18.5 Å². The zero-order valence-corrected chi connectivity index (χ0v) is 8.86. The zero-order valence-electron chi connectivity index (χ0n) is 8.86. The second-order valence-electron chi connectivity index (χ2n) is 3.80. The van der Waals surface area contributed by atoms with Crippen LogP contribution in [-0.4, -0.2) is 21.5 Å². The molecule has 5 nitrogen and oxygen atoms in total. The quantitative estimate of drug-likeness (QED) is 0.700. The van der Waals surface area contributed by atoms with Crippen molar-refractivity contribution in [3.8, 4) is 11.1 Å². The molecule has 0 aliphatic heterocycles. The molecule has 0 fully saturated rings. The highest BCUT2D eigenvalue weighted by atomic mass is 19.1. The summed E-state index contributed by atoms with van der Waals surface area (Å²) < 4.78 is 13.2. The fourth-order valence-electron chi connectivity index (χ4n) is 1.97. The summed E-state index contributed by atoms with van der Waals surface area (Å²) in [7, 11) is 0. The Kier molecular flexibility index (Phi) is 2.00. The third-order valence-electron chi connectivity index (χ3n) is 2.77. The van der Waals surface area contributed by atoms with Crippen LogP contribution < -0.4 is 5.56 Å². The zero-order chi connectivity index (χ0) is 12.9. The van der Waals surface area contributed by atoms with Crippen LogP contribution in [0.25, 0.3) is 11.1 Å². The number of fused-ring (bicyclic) bond motifs is 3. The fraction of sp³-hybridized carbons (Fsp3) is 0. The Labute approximate surface area is 99.3 Å². The molecule has 0 saturated carbocycles. The number of hydrogen-bond acceptors (Lipinski definition) is 4. The van der Waals surface area contributed by atoms with E-state index in [2.05, 4.69) is 9.97 Å². The predicted molar refractivity (Wildman–Crippen MR) is 58.9 cm³/mol. The minimum Gasteiger partial charge on any atom is -0.313 e. The molecule has 18 heavy (non-hydrogen) atoms. The van der Waals surface area contributed by atoms with Crippen molar-refractivity contribution < 1.29 is 14.0 Å².